The van der Waals surface area contributed by atoms with E-state index in [1.807, 2.05) is 13.8 Å². The van der Waals surface area contributed by atoms with Crippen LogP contribution >= 0.6 is 0 Å². The summed E-state index contributed by atoms with van der Waals surface area (Å²) in [6.45, 7) is 6.17. The maximum Gasteiger partial charge on any atom is 0.279 e. The van der Waals surface area contributed by atoms with Gasteiger partial charge in [-0.05, 0) is 19.8 Å². The highest BCUT2D eigenvalue weighted by Crippen LogP contribution is 2.11. The predicted octanol–water partition coefficient (Wildman–Crippen LogP) is 1.10. The lowest BCUT2D eigenvalue weighted by molar-refractivity contribution is 0.0551. The molecule has 0 heterocycles. The van der Waals surface area contributed by atoms with E-state index in [2.05, 4.69) is 4.72 Å². The van der Waals surface area contributed by atoms with Crippen molar-refractivity contribution in [3.63, 3.8) is 0 Å². The Morgan fingerprint density at radius 1 is 1.29 bits per heavy atom. The van der Waals surface area contributed by atoms with Gasteiger partial charge in [0, 0.05) is 20.1 Å². The Balaban J connectivity index is 4.26. The Morgan fingerprint density at radius 2 is 1.88 bits per heavy atom. The molecule has 1 atom stereocenters. The Kier molecular flexibility index (Phi) is 7.23. The quantitative estimate of drug-likeness (QED) is 0.656. The average molecular weight is 266 g/mol. The van der Waals surface area contributed by atoms with E-state index in [1.54, 1.807) is 14.0 Å². The molecule has 17 heavy (non-hydrogen) atoms. The molecule has 0 rings (SSSR count). The molecule has 0 aliphatic heterocycles. The molecular formula is C11H26N2O3S. The summed E-state index contributed by atoms with van der Waals surface area (Å²) < 4.78 is 27.3. The van der Waals surface area contributed by atoms with E-state index in [0.717, 1.165) is 19.3 Å². The summed E-state index contributed by atoms with van der Waals surface area (Å²) in [6, 6.07) is 0. The lowest BCUT2D eigenvalue weighted by Gasteiger charge is -2.25. The van der Waals surface area contributed by atoms with Crippen LogP contribution in [0.15, 0.2) is 0 Å². The van der Waals surface area contributed by atoms with Crippen LogP contribution in [0.2, 0.25) is 0 Å². The van der Waals surface area contributed by atoms with Crippen molar-refractivity contribution in [2.24, 2.45) is 0 Å². The van der Waals surface area contributed by atoms with Gasteiger partial charge in [-0.15, -0.1) is 0 Å². The largest absolute Gasteiger partial charge is 0.389 e. The summed E-state index contributed by atoms with van der Waals surface area (Å²) in [5.74, 6) is 0. The van der Waals surface area contributed by atoms with Crippen molar-refractivity contribution in [2.75, 3.05) is 20.1 Å². The fourth-order valence-electron chi connectivity index (χ4n) is 1.48. The monoisotopic (exact) mass is 266 g/mol. The van der Waals surface area contributed by atoms with Gasteiger partial charge >= 0.3 is 0 Å². The molecule has 0 aliphatic rings. The Morgan fingerprint density at radius 3 is 2.35 bits per heavy atom. The number of nitrogens with zero attached hydrogens (tertiary/aromatic N) is 1. The maximum atomic E-state index is 11.8. The fraction of sp³-hybridized carbons (Fsp3) is 1.00. The first-order valence-corrected chi connectivity index (χ1v) is 7.62. The van der Waals surface area contributed by atoms with Gasteiger partial charge in [-0.1, -0.05) is 26.7 Å². The van der Waals surface area contributed by atoms with Crippen molar-refractivity contribution in [1.82, 2.24) is 9.03 Å². The Labute approximate surface area is 105 Å². The summed E-state index contributed by atoms with van der Waals surface area (Å²) in [5, 5.41) is 9.89. The molecular weight excluding hydrogens is 240 g/mol. The van der Waals surface area contributed by atoms with Gasteiger partial charge in [0.05, 0.1) is 5.60 Å². The van der Waals surface area contributed by atoms with Gasteiger partial charge in [0.1, 0.15) is 0 Å². The summed E-state index contributed by atoms with van der Waals surface area (Å²) >= 11 is 0. The summed E-state index contributed by atoms with van der Waals surface area (Å²) in [5.41, 5.74) is -0.979. The van der Waals surface area contributed by atoms with Gasteiger partial charge in [0.2, 0.25) is 0 Å². The third-order valence-electron chi connectivity index (χ3n) is 2.66. The molecule has 2 N–H and O–H groups in total. The van der Waals surface area contributed by atoms with E-state index >= 15 is 0 Å². The minimum Gasteiger partial charge on any atom is -0.389 e. The molecule has 0 aromatic carbocycles. The van der Waals surface area contributed by atoms with Gasteiger partial charge in [-0.2, -0.15) is 17.4 Å². The number of nitrogens with one attached hydrogen (secondary N) is 1. The summed E-state index contributed by atoms with van der Waals surface area (Å²) in [7, 11) is -1.91. The Hall–Kier alpha value is -0.170. The van der Waals surface area contributed by atoms with E-state index in [1.165, 1.54) is 4.31 Å². The molecule has 0 bridgehead atoms. The molecule has 6 heteroatoms. The zero-order chi connectivity index (χ0) is 13.5. The first-order valence-electron chi connectivity index (χ1n) is 6.18. The van der Waals surface area contributed by atoms with Crippen LogP contribution in [0.1, 0.15) is 46.5 Å². The molecule has 5 nitrogen and oxygen atoms in total. The Bertz CT molecular complexity index is 302. The van der Waals surface area contributed by atoms with Crippen LogP contribution in [0.4, 0.5) is 0 Å². The van der Waals surface area contributed by atoms with Crippen LogP contribution in [0.25, 0.3) is 0 Å². The molecule has 104 valence electrons. The van der Waals surface area contributed by atoms with Gasteiger partial charge in [-0.3, -0.25) is 0 Å². The van der Waals surface area contributed by atoms with E-state index in [-0.39, 0.29) is 6.54 Å². The van der Waals surface area contributed by atoms with E-state index in [4.69, 9.17) is 0 Å². The van der Waals surface area contributed by atoms with Gasteiger partial charge in [0.15, 0.2) is 0 Å². The highest BCUT2D eigenvalue weighted by Gasteiger charge is 2.24. The number of hydrogen-bond acceptors (Lipinski definition) is 3. The molecule has 0 saturated carbocycles. The van der Waals surface area contributed by atoms with Crippen LogP contribution < -0.4 is 4.72 Å². The van der Waals surface area contributed by atoms with Gasteiger partial charge < -0.3 is 5.11 Å². The average Bonchev–Trinajstić information content (AvgIpc) is 2.23. The molecule has 0 aliphatic carbocycles. The van der Waals surface area contributed by atoms with Crippen molar-refractivity contribution < 1.29 is 13.5 Å². The van der Waals surface area contributed by atoms with Crippen LogP contribution in [-0.2, 0) is 10.2 Å². The summed E-state index contributed by atoms with van der Waals surface area (Å²) in [6.07, 6.45) is 3.19. The van der Waals surface area contributed by atoms with Crippen molar-refractivity contribution in [1.29, 1.82) is 0 Å². The molecule has 0 radical (unpaired) electrons. The minimum atomic E-state index is -3.46. The SMILES string of the molecule is CCCCN(C)S(=O)(=O)NCC(C)(O)CCC. The second kappa shape index (κ2) is 7.31. The highest BCUT2D eigenvalue weighted by molar-refractivity contribution is 7.87. The predicted molar refractivity (Wildman–Crippen MR) is 70.0 cm³/mol. The van der Waals surface area contributed by atoms with Crippen LogP contribution in [0.5, 0.6) is 0 Å². The number of unbranched alkanes of at least 4 members (excludes halogenated alkanes) is 1. The van der Waals surface area contributed by atoms with Gasteiger partial charge in [-0.25, -0.2) is 0 Å². The van der Waals surface area contributed by atoms with Crippen LogP contribution in [-0.4, -0.2) is 43.6 Å². The molecule has 1 unspecified atom stereocenters. The zero-order valence-corrected chi connectivity index (χ0v) is 12.2. The minimum absolute atomic E-state index is 0.0552. The highest BCUT2D eigenvalue weighted by atomic mass is 32.2. The van der Waals surface area contributed by atoms with Gasteiger partial charge in [0.25, 0.3) is 10.2 Å². The van der Waals surface area contributed by atoms with E-state index < -0.39 is 15.8 Å². The number of hydrogen-bond donors (Lipinski definition) is 2. The molecule has 0 saturated heterocycles. The van der Waals surface area contributed by atoms with E-state index in [9.17, 15) is 13.5 Å². The van der Waals surface area contributed by atoms with Crippen LogP contribution in [0.3, 0.4) is 0 Å². The zero-order valence-electron chi connectivity index (χ0n) is 11.4. The number of aliphatic hydroxyl groups is 1. The smallest absolute Gasteiger partial charge is 0.279 e. The lowest BCUT2D eigenvalue weighted by Crippen LogP contribution is -2.46. The van der Waals surface area contributed by atoms with Crippen molar-refractivity contribution in [2.45, 2.75) is 52.1 Å². The first-order chi connectivity index (χ1) is 7.75. The van der Waals surface area contributed by atoms with Crippen molar-refractivity contribution >= 4 is 10.2 Å². The molecule has 0 aromatic heterocycles. The van der Waals surface area contributed by atoms with Crippen molar-refractivity contribution in [3.05, 3.63) is 0 Å². The second-order valence-corrected chi connectivity index (χ2v) is 6.61. The van der Waals surface area contributed by atoms with E-state index in [0.29, 0.717) is 13.0 Å². The topological polar surface area (TPSA) is 69.6 Å². The molecule has 0 aromatic rings. The third-order valence-corrected chi connectivity index (χ3v) is 4.17. The molecule has 0 spiro atoms. The third kappa shape index (κ3) is 6.98. The van der Waals surface area contributed by atoms with Crippen LogP contribution in [0, 0.1) is 0 Å². The molecule has 0 fully saturated rings. The standard InChI is InChI=1S/C11H26N2O3S/c1-5-7-9-13(4)17(15,16)12-10-11(3,14)8-6-2/h12,14H,5-10H2,1-4H3. The van der Waals surface area contributed by atoms with Crippen molar-refractivity contribution in [3.8, 4) is 0 Å². The fourth-order valence-corrected chi connectivity index (χ4v) is 2.57. The second-order valence-electron chi connectivity index (χ2n) is 4.75. The first kappa shape index (κ1) is 16.8. The normalized spacial score (nSPS) is 16.1. The summed E-state index contributed by atoms with van der Waals surface area (Å²) in [4.78, 5) is 0. The lowest BCUT2D eigenvalue weighted by atomic mass is 10.0. The molecule has 0 amide bonds. The number of rotatable bonds is 9. The maximum absolute atomic E-state index is 11.8.